The summed E-state index contributed by atoms with van der Waals surface area (Å²) in [6, 6.07) is 0. The second kappa shape index (κ2) is 4.30. The number of morpholine rings is 1. The van der Waals surface area contributed by atoms with E-state index in [0.717, 1.165) is 25.4 Å². The number of nitrogens with one attached hydrogen (secondary N) is 1. The molecule has 1 saturated heterocycles. The van der Waals surface area contributed by atoms with Crippen LogP contribution in [0.15, 0.2) is 0 Å². The fourth-order valence-electron chi connectivity index (χ4n) is 3.41. The molecule has 1 spiro atoms. The minimum absolute atomic E-state index is 0.0452. The second-order valence-corrected chi connectivity index (χ2v) is 6.23. The molecule has 1 aliphatic carbocycles. The number of ether oxygens (including phenoxy) is 1. The van der Waals surface area contributed by atoms with Crippen molar-refractivity contribution in [2.45, 2.75) is 64.6 Å². The first-order valence-electron chi connectivity index (χ1n) is 6.92. The fraction of sp³-hybridized carbons (Fsp3) is 1.00. The summed E-state index contributed by atoms with van der Waals surface area (Å²) in [5, 5.41) is 3.61. The van der Waals surface area contributed by atoms with Crippen LogP contribution in [0.1, 0.15) is 53.4 Å². The van der Waals surface area contributed by atoms with Gasteiger partial charge in [0.15, 0.2) is 0 Å². The molecule has 0 aromatic heterocycles. The summed E-state index contributed by atoms with van der Waals surface area (Å²) in [4.78, 5) is 0. The average molecular weight is 225 g/mol. The molecule has 0 amide bonds. The van der Waals surface area contributed by atoms with Crippen LogP contribution in [0.25, 0.3) is 0 Å². The van der Waals surface area contributed by atoms with E-state index >= 15 is 0 Å². The third kappa shape index (κ3) is 2.02. The molecule has 2 fully saturated rings. The van der Waals surface area contributed by atoms with Crippen LogP contribution in [0.3, 0.4) is 0 Å². The molecule has 16 heavy (non-hydrogen) atoms. The Morgan fingerprint density at radius 2 is 2.06 bits per heavy atom. The SMILES string of the molecule is CCC1(C)CNCC2(CCCC(C)C2C)O1. The first-order valence-corrected chi connectivity index (χ1v) is 6.92. The molecule has 2 nitrogen and oxygen atoms in total. The third-order valence-corrected chi connectivity index (χ3v) is 5.06. The van der Waals surface area contributed by atoms with Crippen molar-refractivity contribution < 1.29 is 4.74 Å². The monoisotopic (exact) mass is 225 g/mol. The van der Waals surface area contributed by atoms with Crippen molar-refractivity contribution in [1.82, 2.24) is 5.32 Å². The van der Waals surface area contributed by atoms with Gasteiger partial charge in [0.1, 0.15) is 0 Å². The van der Waals surface area contributed by atoms with Crippen LogP contribution in [-0.2, 0) is 4.74 Å². The quantitative estimate of drug-likeness (QED) is 0.741. The summed E-state index contributed by atoms with van der Waals surface area (Å²) < 4.78 is 6.57. The van der Waals surface area contributed by atoms with Gasteiger partial charge in [0.05, 0.1) is 11.2 Å². The Balaban J connectivity index is 2.17. The topological polar surface area (TPSA) is 21.3 Å². The van der Waals surface area contributed by atoms with Gasteiger partial charge in [0.2, 0.25) is 0 Å². The molecule has 2 aliphatic rings. The van der Waals surface area contributed by atoms with E-state index in [4.69, 9.17) is 4.74 Å². The molecular weight excluding hydrogens is 198 g/mol. The van der Waals surface area contributed by atoms with E-state index in [0.29, 0.717) is 5.92 Å². The van der Waals surface area contributed by atoms with Crippen LogP contribution in [0, 0.1) is 11.8 Å². The van der Waals surface area contributed by atoms with E-state index in [1.165, 1.54) is 19.3 Å². The number of rotatable bonds is 1. The van der Waals surface area contributed by atoms with Crippen molar-refractivity contribution in [2.75, 3.05) is 13.1 Å². The Morgan fingerprint density at radius 1 is 1.31 bits per heavy atom. The smallest absolute Gasteiger partial charge is 0.0842 e. The van der Waals surface area contributed by atoms with E-state index < -0.39 is 0 Å². The Hall–Kier alpha value is -0.0800. The van der Waals surface area contributed by atoms with Crippen molar-refractivity contribution in [3.8, 4) is 0 Å². The lowest BCUT2D eigenvalue weighted by Crippen LogP contribution is -2.63. The van der Waals surface area contributed by atoms with Crippen molar-refractivity contribution in [2.24, 2.45) is 11.8 Å². The Bertz CT molecular complexity index is 251. The summed E-state index contributed by atoms with van der Waals surface area (Å²) >= 11 is 0. The molecular formula is C14H27NO. The summed E-state index contributed by atoms with van der Waals surface area (Å²) in [6.07, 6.45) is 5.03. The molecule has 2 heteroatoms. The Labute approximate surface area is 100 Å². The molecule has 94 valence electrons. The molecule has 1 aliphatic heterocycles. The van der Waals surface area contributed by atoms with Gasteiger partial charge in [-0.2, -0.15) is 0 Å². The zero-order chi connectivity index (χ0) is 11.8. The van der Waals surface area contributed by atoms with Crippen molar-refractivity contribution in [1.29, 1.82) is 0 Å². The molecule has 1 heterocycles. The minimum Gasteiger partial charge on any atom is -0.366 e. The van der Waals surface area contributed by atoms with E-state index in [1.54, 1.807) is 0 Å². The normalized spacial score (nSPS) is 49.5. The van der Waals surface area contributed by atoms with E-state index in [9.17, 15) is 0 Å². The van der Waals surface area contributed by atoms with Crippen LogP contribution in [0.5, 0.6) is 0 Å². The lowest BCUT2D eigenvalue weighted by atomic mass is 9.69. The molecule has 4 unspecified atom stereocenters. The maximum atomic E-state index is 6.57. The highest BCUT2D eigenvalue weighted by atomic mass is 16.5. The van der Waals surface area contributed by atoms with Gasteiger partial charge in [0.25, 0.3) is 0 Å². The van der Waals surface area contributed by atoms with Crippen LogP contribution >= 0.6 is 0 Å². The first-order chi connectivity index (χ1) is 7.51. The molecule has 0 aromatic rings. The highest BCUT2D eigenvalue weighted by molar-refractivity contribution is 5.00. The Kier molecular flexibility index (Phi) is 3.33. The third-order valence-electron chi connectivity index (χ3n) is 5.06. The summed E-state index contributed by atoms with van der Waals surface area (Å²) in [5.41, 5.74) is 0.157. The van der Waals surface area contributed by atoms with Crippen LogP contribution in [0.2, 0.25) is 0 Å². The molecule has 0 aromatic carbocycles. The van der Waals surface area contributed by atoms with Crippen LogP contribution < -0.4 is 5.32 Å². The highest BCUT2D eigenvalue weighted by Gasteiger charge is 2.48. The van der Waals surface area contributed by atoms with Gasteiger partial charge in [-0.25, -0.2) is 0 Å². The molecule has 4 atom stereocenters. The maximum Gasteiger partial charge on any atom is 0.0842 e. The summed E-state index contributed by atoms with van der Waals surface area (Å²) in [6.45, 7) is 11.3. The Morgan fingerprint density at radius 3 is 2.75 bits per heavy atom. The molecule has 1 N–H and O–H groups in total. The first kappa shape index (κ1) is 12.4. The summed E-state index contributed by atoms with van der Waals surface area (Å²) in [7, 11) is 0. The van der Waals surface area contributed by atoms with E-state index in [-0.39, 0.29) is 11.2 Å². The zero-order valence-corrected chi connectivity index (χ0v) is 11.3. The largest absolute Gasteiger partial charge is 0.366 e. The summed E-state index contributed by atoms with van der Waals surface area (Å²) in [5.74, 6) is 1.48. The average Bonchev–Trinajstić information content (AvgIpc) is 2.26. The fourth-order valence-corrected chi connectivity index (χ4v) is 3.41. The standard InChI is InChI=1S/C14H27NO/c1-5-13(4)9-15-10-14(16-13)8-6-7-11(2)12(14)3/h11-12,15H,5-10H2,1-4H3. The van der Waals surface area contributed by atoms with Gasteiger partial charge in [-0.1, -0.05) is 33.6 Å². The maximum absolute atomic E-state index is 6.57. The van der Waals surface area contributed by atoms with Crippen molar-refractivity contribution in [3.63, 3.8) is 0 Å². The number of hydrogen-bond acceptors (Lipinski definition) is 2. The van der Waals surface area contributed by atoms with Crippen LogP contribution in [-0.4, -0.2) is 24.3 Å². The van der Waals surface area contributed by atoms with Gasteiger partial charge in [-0.15, -0.1) is 0 Å². The molecule has 1 saturated carbocycles. The highest BCUT2D eigenvalue weighted by Crippen LogP contribution is 2.44. The minimum atomic E-state index is 0.0452. The lowest BCUT2D eigenvalue weighted by Gasteiger charge is -2.53. The van der Waals surface area contributed by atoms with E-state index in [1.807, 2.05) is 0 Å². The van der Waals surface area contributed by atoms with Gasteiger partial charge in [-0.05, 0) is 31.6 Å². The molecule has 0 radical (unpaired) electrons. The van der Waals surface area contributed by atoms with E-state index in [2.05, 4.69) is 33.0 Å². The predicted molar refractivity (Wildman–Crippen MR) is 67.6 cm³/mol. The zero-order valence-electron chi connectivity index (χ0n) is 11.3. The van der Waals surface area contributed by atoms with Crippen LogP contribution in [0.4, 0.5) is 0 Å². The molecule has 0 bridgehead atoms. The van der Waals surface area contributed by atoms with Crippen molar-refractivity contribution >= 4 is 0 Å². The van der Waals surface area contributed by atoms with Gasteiger partial charge in [-0.3, -0.25) is 0 Å². The van der Waals surface area contributed by atoms with Gasteiger partial charge < -0.3 is 10.1 Å². The predicted octanol–water partition coefficient (Wildman–Crippen LogP) is 2.97. The lowest BCUT2D eigenvalue weighted by molar-refractivity contribution is -0.213. The van der Waals surface area contributed by atoms with Gasteiger partial charge >= 0.3 is 0 Å². The van der Waals surface area contributed by atoms with Crippen molar-refractivity contribution in [3.05, 3.63) is 0 Å². The molecule has 2 rings (SSSR count). The second-order valence-electron chi connectivity index (χ2n) is 6.23. The van der Waals surface area contributed by atoms with Gasteiger partial charge in [0, 0.05) is 13.1 Å². The number of hydrogen-bond donors (Lipinski definition) is 1.